The van der Waals surface area contributed by atoms with Crippen LogP contribution < -0.4 is 15.1 Å². The van der Waals surface area contributed by atoms with E-state index in [0.717, 1.165) is 61.9 Å². The molecule has 1 spiro atoms. The van der Waals surface area contributed by atoms with Crippen LogP contribution in [0, 0.1) is 5.92 Å². The maximum absolute atomic E-state index is 14.0. The highest BCUT2D eigenvalue weighted by atomic mass is 16.5. The summed E-state index contributed by atoms with van der Waals surface area (Å²) in [5, 5.41) is 4.15. The monoisotopic (exact) mass is 501 g/mol. The van der Waals surface area contributed by atoms with Gasteiger partial charge in [-0.3, -0.25) is 4.90 Å². The number of nitrogens with zero attached hydrogens (tertiary/aromatic N) is 4. The number of urea groups is 1. The minimum atomic E-state index is -0.146. The fraction of sp³-hybridized carbons (Fsp3) is 0.533. The van der Waals surface area contributed by atoms with Crippen molar-refractivity contribution in [1.29, 1.82) is 0 Å². The van der Waals surface area contributed by atoms with Gasteiger partial charge >= 0.3 is 6.03 Å². The van der Waals surface area contributed by atoms with E-state index in [0.29, 0.717) is 12.5 Å². The third-order valence-corrected chi connectivity index (χ3v) is 9.03. The van der Waals surface area contributed by atoms with Gasteiger partial charge in [-0.25, -0.2) is 4.79 Å². The fourth-order valence-electron chi connectivity index (χ4n) is 6.78. The zero-order chi connectivity index (χ0) is 25.2. The number of piperidine rings is 1. The smallest absolute Gasteiger partial charge is 0.325 e. The number of ether oxygens (including phenoxy) is 1. The van der Waals surface area contributed by atoms with Crippen LogP contribution in [0.2, 0.25) is 0 Å². The minimum absolute atomic E-state index is 0.115. The molecule has 1 unspecified atom stereocenters. The molecule has 4 aliphatic rings. The molecule has 2 saturated heterocycles. The molecule has 0 bridgehead atoms. The van der Waals surface area contributed by atoms with Crippen LogP contribution >= 0.6 is 0 Å². The molecule has 1 atom stereocenters. The Kier molecular flexibility index (Phi) is 6.80. The van der Waals surface area contributed by atoms with Crippen LogP contribution in [0.1, 0.15) is 55.6 Å². The lowest BCUT2D eigenvalue weighted by atomic mass is 9.85. The van der Waals surface area contributed by atoms with E-state index in [-0.39, 0.29) is 11.6 Å². The van der Waals surface area contributed by atoms with Gasteiger partial charge in [0.15, 0.2) is 0 Å². The van der Waals surface area contributed by atoms with Gasteiger partial charge in [0.2, 0.25) is 0 Å². The molecule has 3 fully saturated rings. The molecule has 3 aliphatic heterocycles. The zero-order valence-corrected chi connectivity index (χ0v) is 21.9. The largest absolute Gasteiger partial charge is 0.497 e. The number of carbonyl (C=O) groups excluding carboxylic acids is 1. The van der Waals surface area contributed by atoms with Crippen LogP contribution in [0.3, 0.4) is 0 Å². The topological polar surface area (TPSA) is 60.4 Å². The summed E-state index contributed by atoms with van der Waals surface area (Å²) in [5.74, 6) is 1.99. The number of benzene rings is 2. The molecular weight excluding hydrogens is 462 g/mol. The normalized spacial score (nSPS) is 23.8. The van der Waals surface area contributed by atoms with Gasteiger partial charge in [0, 0.05) is 50.5 Å². The van der Waals surface area contributed by atoms with Crippen molar-refractivity contribution in [3.05, 3.63) is 59.7 Å². The molecule has 2 amide bonds. The fourth-order valence-corrected chi connectivity index (χ4v) is 6.78. The van der Waals surface area contributed by atoms with Gasteiger partial charge < -0.3 is 20.0 Å². The number of carbonyl (C=O) groups is 1. The first-order valence-electron chi connectivity index (χ1n) is 13.9. The molecule has 37 heavy (non-hydrogen) atoms. The Hall–Kier alpha value is -3.06. The maximum atomic E-state index is 14.0. The van der Waals surface area contributed by atoms with Crippen LogP contribution in [0.25, 0.3) is 0 Å². The summed E-state index contributed by atoms with van der Waals surface area (Å²) in [6.45, 7) is 5.55. The van der Waals surface area contributed by atoms with Crippen molar-refractivity contribution < 1.29 is 9.53 Å². The maximum Gasteiger partial charge on any atom is 0.325 e. The van der Waals surface area contributed by atoms with E-state index >= 15 is 0 Å². The third kappa shape index (κ3) is 4.93. The van der Waals surface area contributed by atoms with Crippen molar-refractivity contribution in [3.8, 4) is 5.75 Å². The van der Waals surface area contributed by atoms with Crippen LogP contribution in [-0.2, 0) is 6.54 Å². The highest BCUT2D eigenvalue weighted by molar-refractivity contribution is 5.95. The van der Waals surface area contributed by atoms with E-state index in [4.69, 9.17) is 4.74 Å². The molecular formula is C30H39N5O2. The number of nitrogens with one attached hydrogen (secondary N) is 1. The molecule has 1 N–H and O–H groups in total. The van der Waals surface area contributed by atoms with Crippen LogP contribution in [0.4, 0.5) is 10.5 Å². The van der Waals surface area contributed by atoms with E-state index in [1.807, 2.05) is 23.2 Å². The highest BCUT2D eigenvalue weighted by Crippen LogP contribution is 2.40. The van der Waals surface area contributed by atoms with E-state index in [1.165, 1.54) is 37.8 Å². The van der Waals surface area contributed by atoms with Crippen molar-refractivity contribution in [2.45, 2.75) is 56.5 Å². The van der Waals surface area contributed by atoms with Crippen LogP contribution in [0.5, 0.6) is 5.75 Å². The lowest BCUT2D eigenvalue weighted by Gasteiger charge is -2.44. The van der Waals surface area contributed by atoms with Crippen molar-refractivity contribution in [1.82, 2.24) is 15.2 Å². The SMILES string of the molecule is COc1cccc(CN2C(=O)N(c3ccc(C4C=NNC4)cc3)CC23CCN(CC2CCCC2)CC3)c1. The first kappa shape index (κ1) is 24.3. The van der Waals surface area contributed by atoms with Crippen molar-refractivity contribution in [2.24, 2.45) is 11.0 Å². The molecule has 0 radical (unpaired) electrons. The molecule has 7 nitrogen and oxygen atoms in total. The van der Waals surface area contributed by atoms with Gasteiger partial charge in [-0.15, -0.1) is 0 Å². The van der Waals surface area contributed by atoms with E-state index < -0.39 is 0 Å². The van der Waals surface area contributed by atoms with Gasteiger partial charge in [0.05, 0.1) is 19.2 Å². The summed E-state index contributed by atoms with van der Waals surface area (Å²) in [4.78, 5) is 20.8. The Morgan fingerprint density at radius 2 is 1.86 bits per heavy atom. The number of anilines is 1. The number of methoxy groups -OCH3 is 1. The molecule has 2 aromatic carbocycles. The lowest BCUT2D eigenvalue weighted by molar-refractivity contribution is 0.0654. The predicted molar refractivity (Wildman–Crippen MR) is 147 cm³/mol. The first-order chi connectivity index (χ1) is 18.1. The summed E-state index contributed by atoms with van der Waals surface area (Å²) in [7, 11) is 1.70. The van der Waals surface area contributed by atoms with Gasteiger partial charge in [-0.05, 0) is 67.0 Å². The average Bonchev–Trinajstić information content (AvgIpc) is 3.70. The van der Waals surface area contributed by atoms with Gasteiger partial charge in [0.1, 0.15) is 5.75 Å². The molecule has 1 aliphatic carbocycles. The minimum Gasteiger partial charge on any atom is -0.497 e. The average molecular weight is 502 g/mol. The summed E-state index contributed by atoms with van der Waals surface area (Å²) in [5.41, 5.74) is 6.22. The Morgan fingerprint density at radius 3 is 2.57 bits per heavy atom. The van der Waals surface area contributed by atoms with E-state index in [9.17, 15) is 4.79 Å². The first-order valence-corrected chi connectivity index (χ1v) is 13.9. The van der Waals surface area contributed by atoms with Crippen molar-refractivity contribution in [2.75, 3.05) is 44.7 Å². The molecule has 3 heterocycles. The second kappa shape index (κ2) is 10.4. The van der Waals surface area contributed by atoms with Crippen LogP contribution in [0.15, 0.2) is 53.6 Å². The molecule has 6 rings (SSSR count). The molecule has 7 heteroatoms. The Balaban J connectivity index is 1.23. The summed E-state index contributed by atoms with van der Waals surface area (Å²) < 4.78 is 5.47. The van der Waals surface area contributed by atoms with E-state index in [1.54, 1.807) is 7.11 Å². The quantitative estimate of drug-likeness (QED) is 0.590. The summed E-state index contributed by atoms with van der Waals surface area (Å²) in [6.07, 6.45) is 9.55. The molecule has 1 saturated carbocycles. The number of likely N-dealkylation sites (tertiary alicyclic amines) is 1. The van der Waals surface area contributed by atoms with Crippen LogP contribution in [-0.4, -0.2) is 67.4 Å². The number of amides is 2. The Morgan fingerprint density at radius 1 is 1.08 bits per heavy atom. The van der Waals surface area contributed by atoms with Crippen molar-refractivity contribution in [3.63, 3.8) is 0 Å². The molecule has 196 valence electrons. The van der Waals surface area contributed by atoms with Gasteiger partial charge in [-0.2, -0.15) is 5.10 Å². The van der Waals surface area contributed by atoms with Crippen molar-refractivity contribution >= 4 is 17.9 Å². The Labute approximate surface area is 220 Å². The van der Waals surface area contributed by atoms with Gasteiger partial charge in [-0.1, -0.05) is 37.1 Å². The zero-order valence-electron chi connectivity index (χ0n) is 21.9. The molecule has 2 aromatic rings. The number of rotatable bonds is 7. The van der Waals surface area contributed by atoms with Gasteiger partial charge in [0.25, 0.3) is 0 Å². The third-order valence-electron chi connectivity index (χ3n) is 9.03. The predicted octanol–water partition coefficient (Wildman–Crippen LogP) is 4.83. The van der Waals surface area contributed by atoms with E-state index in [2.05, 4.69) is 56.7 Å². The second-order valence-electron chi connectivity index (χ2n) is 11.3. The summed E-state index contributed by atoms with van der Waals surface area (Å²) >= 11 is 0. The Bertz CT molecular complexity index is 1120. The summed E-state index contributed by atoms with van der Waals surface area (Å²) in [6, 6.07) is 16.8. The molecule has 0 aromatic heterocycles. The number of hydrogen-bond acceptors (Lipinski definition) is 5. The second-order valence-corrected chi connectivity index (χ2v) is 11.3. The highest BCUT2D eigenvalue weighted by Gasteiger charge is 2.51. The number of hydrogen-bond donors (Lipinski definition) is 1. The number of hydrazone groups is 1. The lowest BCUT2D eigenvalue weighted by Crippen LogP contribution is -2.54. The standard InChI is InChI=1S/C30H39N5O2/c1-37-28-8-4-7-24(17-28)21-35-29(36)34(27-11-9-25(10-12-27)26-18-31-32-19-26)22-30(35)13-15-33(16-14-30)20-23-5-2-3-6-23/h4,7-12,17-18,23,26,32H,2-3,5-6,13-16,19-22H2,1H3.